The minimum atomic E-state index is -0.661. The lowest BCUT2D eigenvalue weighted by Crippen LogP contribution is -2.51. The molecule has 31 heavy (non-hydrogen) atoms. The summed E-state index contributed by atoms with van der Waals surface area (Å²) in [6, 6.07) is 9.81. The highest BCUT2D eigenvalue weighted by molar-refractivity contribution is 7.12. The minimum absolute atomic E-state index is 0.226. The van der Waals surface area contributed by atoms with Gasteiger partial charge in [0.05, 0.1) is 17.0 Å². The lowest BCUT2D eigenvalue weighted by molar-refractivity contribution is -0.136. The number of rotatable bonds is 6. The van der Waals surface area contributed by atoms with E-state index in [1.54, 1.807) is 47.5 Å². The summed E-state index contributed by atoms with van der Waals surface area (Å²) in [5.41, 5.74) is 0.679. The number of anilines is 1. The molecule has 0 unspecified atom stereocenters. The molecule has 3 amide bonds. The molecule has 1 aromatic carbocycles. The van der Waals surface area contributed by atoms with Crippen LogP contribution in [0.3, 0.4) is 0 Å². The van der Waals surface area contributed by atoms with Crippen molar-refractivity contribution in [2.24, 2.45) is 0 Å². The molecular weight excluding hydrogens is 422 g/mol. The van der Waals surface area contributed by atoms with E-state index in [1.807, 2.05) is 0 Å². The second-order valence-electron chi connectivity index (χ2n) is 6.66. The predicted octanol–water partition coefficient (Wildman–Crippen LogP) is 2.46. The quantitative estimate of drug-likeness (QED) is 0.685. The fourth-order valence-electron chi connectivity index (χ4n) is 2.98. The van der Waals surface area contributed by atoms with Crippen molar-refractivity contribution >= 4 is 40.9 Å². The number of hydrogen-bond donors (Lipinski definition) is 1. The summed E-state index contributed by atoms with van der Waals surface area (Å²) >= 11 is 1.32. The van der Waals surface area contributed by atoms with E-state index in [0.717, 1.165) is 0 Å². The predicted molar refractivity (Wildman–Crippen MR) is 114 cm³/mol. The molecule has 0 bridgehead atoms. The molecule has 2 aromatic rings. The van der Waals surface area contributed by atoms with Crippen LogP contribution in [-0.4, -0.2) is 73.1 Å². The fraction of sp³-hybridized carbons (Fsp3) is 0.333. The van der Waals surface area contributed by atoms with Crippen LogP contribution in [0, 0.1) is 0 Å². The van der Waals surface area contributed by atoms with Crippen molar-refractivity contribution in [1.82, 2.24) is 9.80 Å². The summed E-state index contributed by atoms with van der Waals surface area (Å²) in [7, 11) is 0. The van der Waals surface area contributed by atoms with Crippen LogP contribution >= 0.6 is 11.3 Å². The number of hydrogen-bond acceptors (Lipinski definition) is 7. The van der Waals surface area contributed by atoms with Gasteiger partial charge in [-0.1, -0.05) is 12.1 Å². The number of benzene rings is 1. The van der Waals surface area contributed by atoms with E-state index < -0.39 is 18.7 Å². The van der Waals surface area contributed by atoms with Gasteiger partial charge in [0.1, 0.15) is 0 Å². The summed E-state index contributed by atoms with van der Waals surface area (Å²) in [5, 5.41) is 4.53. The smallest absolute Gasteiger partial charge is 0.409 e. The van der Waals surface area contributed by atoms with Gasteiger partial charge in [-0.3, -0.25) is 9.59 Å². The zero-order valence-corrected chi connectivity index (χ0v) is 17.9. The van der Waals surface area contributed by atoms with Crippen molar-refractivity contribution in [1.29, 1.82) is 0 Å². The topological polar surface area (TPSA) is 105 Å². The van der Waals surface area contributed by atoms with Gasteiger partial charge in [0.15, 0.2) is 6.61 Å². The van der Waals surface area contributed by atoms with Gasteiger partial charge < -0.3 is 24.6 Å². The average Bonchev–Trinajstić information content (AvgIpc) is 3.33. The summed E-state index contributed by atoms with van der Waals surface area (Å²) in [4.78, 5) is 52.2. The average molecular weight is 445 g/mol. The molecule has 1 aliphatic heterocycles. The first-order valence-electron chi connectivity index (χ1n) is 9.79. The van der Waals surface area contributed by atoms with Gasteiger partial charge in [0.2, 0.25) is 0 Å². The number of thiophene rings is 1. The van der Waals surface area contributed by atoms with Crippen LogP contribution in [-0.2, 0) is 14.3 Å². The molecule has 0 atom stereocenters. The van der Waals surface area contributed by atoms with Crippen molar-refractivity contribution in [3.63, 3.8) is 0 Å². The van der Waals surface area contributed by atoms with Gasteiger partial charge in [0.25, 0.3) is 11.8 Å². The molecule has 1 saturated heterocycles. The van der Waals surface area contributed by atoms with Gasteiger partial charge in [0, 0.05) is 31.9 Å². The maximum absolute atomic E-state index is 12.3. The van der Waals surface area contributed by atoms with E-state index in [-0.39, 0.29) is 17.4 Å². The van der Waals surface area contributed by atoms with Crippen LogP contribution in [0.15, 0.2) is 41.8 Å². The Kier molecular flexibility index (Phi) is 7.60. The number of ether oxygens (including phenoxy) is 2. The molecule has 3 rings (SSSR count). The van der Waals surface area contributed by atoms with Gasteiger partial charge in [-0.25, -0.2) is 9.59 Å². The standard InChI is InChI=1S/C21H23N3O6S/c1-2-29-21(28)24-10-8-23(9-11-24)18(25)14-30-20(27)15-5-3-6-16(13-15)22-19(26)17-7-4-12-31-17/h3-7,12-13H,2,8-11,14H2,1H3,(H,22,26). The Morgan fingerprint density at radius 2 is 1.74 bits per heavy atom. The Labute approximate surface area is 183 Å². The second kappa shape index (κ2) is 10.6. The van der Waals surface area contributed by atoms with Crippen LogP contribution in [0.1, 0.15) is 27.0 Å². The lowest BCUT2D eigenvalue weighted by Gasteiger charge is -2.33. The zero-order chi connectivity index (χ0) is 22.2. The third kappa shape index (κ3) is 6.05. The van der Waals surface area contributed by atoms with Crippen LogP contribution in [0.4, 0.5) is 10.5 Å². The van der Waals surface area contributed by atoms with Crippen molar-refractivity contribution < 1.29 is 28.7 Å². The second-order valence-corrected chi connectivity index (χ2v) is 7.60. The molecule has 2 heterocycles. The highest BCUT2D eigenvalue weighted by Crippen LogP contribution is 2.15. The van der Waals surface area contributed by atoms with Crippen LogP contribution in [0.25, 0.3) is 0 Å². The summed E-state index contributed by atoms with van der Waals surface area (Å²) in [6.45, 7) is 3.06. The highest BCUT2D eigenvalue weighted by Gasteiger charge is 2.25. The number of carbonyl (C=O) groups excluding carboxylic acids is 4. The number of piperazine rings is 1. The van der Waals surface area contributed by atoms with Gasteiger partial charge in [-0.2, -0.15) is 0 Å². The molecule has 0 saturated carbocycles. The van der Waals surface area contributed by atoms with E-state index in [4.69, 9.17) is 9.47 Å². The van der Waals surface area contributed by atoms with Gasteiger partial charge in [-0.15, -0.1) is 11.3 Å². The third-order valence-electron chi connectivity index (χ3n) is 4.59. The Bertz CT molecular complexity index is 938. The first-order valence-corrected chi connectivity index (χ1v) is 10.7. The fourth-order valence-corrected chi connectivity index (χ4v) is 3.60. The van der Waals surface area contributed by atoms with Gasteiger partial charge >= 0.3 is 12.1 Å². The molecule has 0 aliphatic carbocycles. The lowest BCUT2D eigenvalue weighted by atomic mass is 10.2. The molecule has 1 fully saturated rings. The Balaban J connectivity index is 1.48. The molecule has 0 spiro atoms. The Morgan fingerprint density at radius 3 is 2.42 bits per heavy atom. The van der Waals surface area contributed by atoms with E-state index >= 15 is 0 Å². The SMILES string of the molecule is CCOC(=O)N1CCN(C(=O)COC(=O)c2cccc(NC(=O)c3cccs3)c2)CC1. The van der Waals surface area contributed by atoms with Crippen molar-refractivity contribution in [2.75, 3.05) is 44.7 Å². The highest BCUT2D eigenvalue weighted by atomic mass is 32.1. The first kappa shape index (κ1) is 22.3. The van der Waals surface area contributed by atoms with Crippen molar-refractivity contribution in [3.05, 3.63) is 52.2 Å². The Morgan fingerprint density at radius 1 is 1.00 bits per heavy atom. The van der Waals surface area contributed by atoms with Crippen molar-refractivity contribution in [2.45, 2.75) is 6.92 Å². The van der Waals surface area contributed by atoms with Crippen LogP contribution in [0.5, 0.6) is 0 Å². The van der Waals surface area contributed by atoms with E-state index in [0.29, 0.717) is 43.4 Å². The van der Waals surface area contributed by atoms with E-state index in [1.165, 1.54) is 22.3 Å². The Hall–Kier alpha value is -3.40. The number of nitrogens with zero attached hydrogens (tertiary/aromatic N) is 2. The van der Waals surface area contributed by atoms with E-state index in [2.05, 4.69) is 5.32 Å². The molecule has 1 aliphatic rings. The minimum Gasteiger partial charge on any atom is -0.452 e. The molecule has 164 valence electrons. The number of esters is 1. The van der Waals surface area contributed by atoms with Crippen LogP contribution in [0.2, 0.25) is 0 Å². The number of amides is 3. The number of nitrogens with one attached hydrogen (secondary N) is 1. The molecule has 1 aromatic heterocycles. The molecule has 9 nitrogen and oxygen atoms in total. The zero-order valence-electron chi connectivity index (χ0n) is 17.0. The molecule has 1 N–H and O–H groups in total. The first-order chi connectivity index (χ1) is 15.0. The van der Waals surface area contributed by atoms with Gasteiger partial charge in [-0.05, 0) is 36.6 Å². The summed E-state index contributed by atoms with van der Waals surface area (Å²) in [5.74, 6) is -1.26. The molecule has 0 radical (unpaired) electrons. The van der Waals surface area contributed by atoms with E-state index in [9.17, 15) is 19.2 Å². The summed E-state index contributed by atoms with van der Waals surface area (Å²) < 4.78 is 10.1. The molecular formula is C21H23N3O6S. The maximum atomic E-state index is 12.3. The third-order valence-corrected chi connectivity index (χ3v) is 5.45. The normalized spacial score (nSPS) is 13.5. The number of carbonyl (C=O) groups is 4. The summed E-state index contributed by atoms with van der Waals surface area (Å²) in [6.07, 6.45) is -0.396. The van der Waals surface area contributed by atoms with Crippen molar-refractivity contribution in [3.8, 4) is 0 Å². The monoisotopic (exact) mass is 445 g/mol. The molecule has 10 heteroatoms. The van der Waals surface area contributed by atoms with Crippen LogP contribution < -0.4 is 5.32 Å². The largest absolute Gasteiger partial charge is 0.452 e. The maximum Gasteiger partial charge on any atom is 0.409 e.